The van der Waals surface area contributed by atoms with Gasteiger partial charge >= 0.3 is 0 Å². The van der Waals surface area contributed by atoms with Crippen LogP contribution in [0, 0.1) is 0 Å². The Labute approximate surface area is 93.9 Å². The highest BCUT2D eigenvalue weighted by atomic mass is 79.9. The summed E-state index contributed by atoms with van der Waals surface area (Å²) in [6.07, 6.45) is 3.87. The molecule has 0 spiro atoms. The van der Waals surface area contributed by atoms with Gasteiger partial charge in [-0.25, -0.2) is 4.98 Å². The summed E-state index contributed by atoms with van der Waals surface area (Å²) < 4.78 is 0.889. The van der Waals surface area contributed by atoms with Crippen molar-refractivity contribution in [2.45, 2.75) is 23.7 Å². The van der Waals surface area contributed by atoms with Crippen molar-refractivity contribution in [3.63, 3.8) is 0 Å². The highest BCUT2D eigenvalue weighted by molar-refractivity contribution is 9.10. The van der Waals surface area contributed by atoms with Gasteiger partial charge in [-0.05, 0) is 35.0 Å². The van der Waals surface area contributed by atoms with Crippen LogP contribution in [-0.2, 0) is 0 Å². The maximum Gasteiger partial charge on any atom is 0.124 e. The van der Waals surface area contributed by atoms with E-state index in [2.05, 4.69) is 27.2 Å². The van der Waals surface area contributed by atoms with Crippen molar-refractivity contribution in [2.75, 3.05) is 6.26 Å². The lowest BCUT2D eigenvalue weighted by Crippen LogP contribution is -2.15. The van der Waals surface area contributed by atoms with E-state index in [1.807, 2.05) is 5.38 Å². The molecule has 0 bridgehead atoms. The van der Waals surface area contributed by atoms with Crippen molar-refractivity contribution in [3.8, 4) is 0 Å². The van der Waals surface area contributed by atoms with Crippen molar-refractivity contribution < 1.29 is 5.11 Å². The lowest BCUT2D eigenvalue weighted by Gasteiger charge is -2.17. The molecule has 0 radical (unpaired) electrons. The van der Waals surface area contributed by atoms with Gasteiger partial charge in [-0.15, -0.1) is 11.3 Å². The van der Waals surface area contributed by atoms with E-state index in [1.54, 1.807) is 11.8 Å². The highest BCUT2D eigenvalue weighted by Crippen LogP contribution is 2.55. The molecule has 0 aromatic carbocycles. The molecule has 1 N–H and O–H groups in total. The molecule has 0 amide bonds. The molecular weight excluding hydrogens is 270 g/mol. The maximum absolute atomic E-state index is 10.0. The van der Waals surface area contributed by atoms with Crippen LogP contribution in [0.4, 0.5) is 0 Å². The van der Waals surface area contributed by atoms with Gasteiger partial charge in [0.15, 0.2) is 0 Å². The Balaban J connectivity index is 2.17. The molecule has 1 unspecified atom stereocenters. The first-order valence-corrected chi connectivity index (χ1v) is 6.92. The average molecular weight is 280 g/mol. The highest BCUT2D eigenvalue weighted by Gasteiger charge is 2.50. The standard InChI is InChI=1S/C8H10BrNOS2/c1-12-8(2-3-8)6(11)7-10-5(9)4-13-7/h4,6,11H,2-3H2,1H3. The second kappa shape index (κ2) is 3.53. The molecule has 5 heteroatoms. The Morgan fingerprint density at radius 2 is 2.46 bits per heavy atom. The maximum atomic E-state index is 10.0. The number of aliphatic hydroxyl groups excluding tert-OH is 1. The number of hydrogen-bond acceptors (Lipinski definition) is 4. The number of rotatable bonds is 3. The van der Waals surface area contributed by atoms with E-state index in [0.29, 0.717) is 0 Å². The van der Waals surface area contributed by atoms with E-state index in [-0.39, 0.29) is 4.75 Å². The summed E-state index contributed by atoms with van der Waals surface area (Å²) in [6, 6.07) is 0. The molecule has 0 aliphatic heterocycles. The number of thioether (sulfide) groups is 1. The van der Waals surface area contributed by atoms with Crippen molar-refractivity contribution >= 4 is 39.0 Å². The van der Waals surface area contributed by atoms with E-state index >= 15 is 0 Å². The van der Waals surface area contributed by atoms with Crippen LogP contribution in [0.2, 0.25) is 0 Å². The molecule has 1 fully saturated rings. The Morgan fingerprint density at radius 1 is 1.77 bits per heavy atom. The van der Waals surface area contributed by atoms with Crippen LogP contribution >= 0.6 is 39.0 Å². The van der Waals surface area contributed by atoms with Gasteiger partial charge in [0.2, 0.25) is 0 Å². The third-order valence-electron chi connectivity index (χ3n) is 2.38. The summed E-state index contributed by atoms with van der Waals surface area (Å²) in [4.78, 5) is 4.24. The molecule has 1 aliphatic carbocycles. The molecule has 1 atom stereocenters. The van der Waals surface area contributed by atoms with E-state index in [9.17, 15) is 5.11 Å². The molecule has 1 aromatic rings. The molecule has 72 valence electrons. The number of nitrogens with zero attached hydrogens (tertiary/aromatic N) is 1. The van der Waals surface area contributed by atoms with Gasteiger partial charge in [0.05, 0.1) is 0 Å². The molecule has 1 aromatic heterocycles. The minimum atomic E-state index is -0.390. The number of thiazole rings is 1. The summed E-state index contributed by atoms with van der Waals surface area (Å²) in [7, 11) is 0. The fourth-order valence-electron chi connectivity index (χ4n) is 1.33. The monoisotopic (exact) mass is 279 g/mol. The SMILES string of the molecule is CSC1(C(O)c2nc(Br)cs2)CC1. The normalized spacial score (nSPS) is 21.5. The number of aliphatic hydroxyl groups is 1. The van der Waals surface area contributed by atoms with Gasteiger partial charge in [0, 0.05) is 10.1 Å². The van der Waals surface area contributed by atoms with Gasteiger partial charge in [-0.2, -0.15) is 11.8 Å². The first kappa shape index (κ1) is 9.96. The Bertz CT molecular complexity index is 311. The Kier molecular flexibility index (Phi) is 2.70. The van der Waals surface area contributed by atoms with Crippen molar-refractivity contribution in [1.82, 2.24) is 4.98 Å². The topological polar surface area (TPSA) is 33.1 Å². The fourth-order valence-corrected chi connectivity index (χ4v) is 3.61. The zero-order chi connectivity index (χ0) is 9.47. The summed E-state index contributed by atoms with van der Waals surface area (Å²) in [5, 5.41) is 12.8. The second-order valence-electron chi connectivity index (χ2n) is 3.18. The van der Waals surface area contributed by atoms with Gasteiger partial charge < -0.3 is 5.11 Å². The van der Waals surface area contributed by atoms with Crippen LogP contribution in [0.15, 0.2) is 9.98 Å². The van der Waals surface area contributed by atoms with Crippen LogP contribution in [0.3, 0.4) is 0 Å². The smallest absolute Gasteiger partial charge is 0.124 e. The zero-order valence-corrected chi connectivity index (χ0v) is 10.4. The van der Waals surface area contributed by atoms with Gasteiger partial charge in [0.1, 0.15) is 15.7 Å². The molecular formula is C8H10BrNOS2. The summed E-state index contributed by atoms with van der Waals surface area (Å²) in [5.74, 6) is 0. The summed E-state index contributed by atoms with van der Waals surface area (Å²) in [6.45, 7) is 0. The zero-order valence-electron chi connectivity index (χ0n) is 7.16. The van der Waals surface area contributed by atoms with Crippen LogP contribution in [0.1, 0.15) is 24.0 Å². The first-order valence-electron chi connectivity index (χ1n) is 4.02. The van der Waals surface area contributed by atoms with Crippen molar-refractivity contribution in [2.24, 2.45) is 0 Å². The molecule has 2 nitrogen and oxygen atoms in total. The van der Waals surface area contributed by atoms with E-state index in [4.69, 9.17) is 0 Å². The Morgan fingerprint density at radius 3 is 2.85 bits per heavy atom. The van der Waals surface area contributed by atoms with Crippen LogP contribution < -0.4 is 0 Å². The minimum Gasteiger partial charge on any atom is -0.384 e. The molecule has 1 heterocycles. The van der Waals surface area contributed by atoms with Crippen molar-refractivity contribution in [3.05, 3.63) is 15.0 Å². The lowest BCUT2D eigenvalue weighted by molar-refractivity contribution is 0.166. The van der Waals surface area contributed by atoms with E-state index < -0.39 is 6.10 Å². The third-order valence-corrected chi connectivity index (χ3v) is 5.43. The fraction of sp³-hybridized carbons (Fsp3) is 0.625. The quantitative estimate of drug-likeness (QED) is 0.924. The van der Waals surface area contributed by atoms with Gasteiger partial charge in [-0.3, -0.25) is 0 Å². The van der Waals surface area contributed by atoms with E-state index in [1.165, 1.54) is 11.3 Å². The van der Waals surface area contributed by atoms with Crippen LogP contribution in [0.5, 0.6) is 0 Å². The number of halogens is 1. The van der Waals surface area contributed by atoms with Gasteiger partial charge in [-0.1, -0.05) is 0 Å². The molecule has 2 rings (SSSR count). The third kappa shape index (κ3) is 1.79. The molecule has 13 heavy (non-hydrogen) atoms. The summed E-state index contributed by atoms with van der Waals surface area (Å²) in [5.41, 5.74) is 0. The Hall–Kier alpha value is 0.420. The predicted molar refractivity (Wildman–Crippen MR) is 60.3 cm³/mol. The van der Waals surface area contributed by atoms with Crippen LogP contribution in [0.25, 0.3) is 0 Å². The number of hydrogen-bond donors (Lipinski definition) is 1. The predicted octanol–water partition coefficient (Wildman–Crippen LogP) is 2.83. The first-order chi connectivity index (χ1) is 6.18. The lowest BCUT2D eigenvalue weighted by atomic mass is 10.2. The minimum absolute atomic E-state index is 0.0668. The summed E-state index contributed by atoms with van der Waals surface area (Å²) >= 11 is 6.56. The molecule has 0 saturated heterocycles. The number of aromatic nitrogens is 1. The van der Waals surface area contributed by atoms with Crippen LogP contribution in [-0.4, -0.2) is 21.1 Å². The average Bonchev–Trinajstić information content (AvgIpc) is 2.82. The second-order valence-corrected chi connectivity index (χ2v) is 6.10. The van der Waals surface area contributed by atoms with E-state index in [0.717, 1.165) is 22.5 Å². The van der Waals surface area contributed by atoms with Gasteiger partial charge in [0.25, 0.3) is 0 Å². The van der Waals surface area contributed by atoms with Crippen molar-refractivity contribution in [1.29, 1.82) is 0 Å². The molecule has 1 saturated carbocycles. The largest absolute Gasteiger partial charge is 0.384 e. The molecule has 1 aliphatic rings.